The summed E-state index contributed by atoms with van der Waals surface area (Å²) in [6, 6.07) is 16.1. The maximum Gasteiger partial charge on any atom is 0.234 e. The third kappa shape index (κ3) is 5.45. The van der Waals surface area contributed by atoms with Crippen molar-refractivity contribution in [3.63, 3.8) is 0 Å². The van der Waals surface area contributed by atoms with Crippen LogP contribution in [-0.2, 0) is 11.3 Å². The molecule has 1 N–H and O–H groups in total. The van der Waals surface area contributed by atoms with E-state index in [2.05, 4.69) is 15.5 Å². The quantitative estimate of drug-likeness (QED) is 0.323. The number of thioether (sulfide) groups is 1. The molecule has 164 valence electrons. The number of methoxy groups -OCH3 is 1. The van der Waals surface area contributed by atoms with Crippen molar-refractivity contribution in [1.82, 2.24) is 14.8 Å². The summed E-state index contributed by atoms with van der Waals surface area (Å²) in [6.07, 6.45) is 1.61. The van der Waals surface area contributed by atoms with Gasteiger partial charge in [-0.05, 0) is 42.5 Å². The Labute approximate surface area is 198 Å². The third-order valence-electron chi connectivity index (χ3n) is 4.42. The molecular formula is C22H18Cl2N4O3S. The maximum atomic E-state index is 12.5. The van der Waals surface area contributed by atoms with Gasteiger partial charge in [0.05, 0.1) is 25.7 Å². The van der Waals surface area contributed by atoms with Crippen molar-refractivity contribution < 1.29 is 13.9 Å². The van der Waals surface area contributed by atoms with Crippen LogP contribution in [0.4, 0.5) is 5.69 Å². The van der Waals surface area contributed by atoms with Crippen molar-refractivity contribution in [3.05, 3.63) is 76.7 Å². The number of hydrogen-bond donors (Lipinski definition) is 1. The van der Waals surface area contributed by atoms with Gasteiger partial charge in [0.1, 0.15) is 11.5 Å². The number of hydrogen-bond acceptors (Lipinski definition) is 6. The predicted octanol–water partition coefficient (Wildman–Crippen LogP) is 5.63. The Kier molecular flexibility index (Phi) is 7.04. The van der Waals surface area contributed by atoms with Crippen LogP contribution < -0.4 is 10.1 Å². The Bertz CT molecular complexity index is 1210. The summed E-state index contributed by atoms with van der Waals surface area (Å²) in [5.41, 5.74) is 1.37. The van der Waals surface area contributed by atoms with Gasteiger partial charge in [-0.3, -0.25) is 9.36 Å². The molecule has 0 saturated carbocycles. The number of carbonyl (C=O) groups excluding carboxylic acids is 1. The lowest BCUT2D eigenvalue weighted by atomic mass is 10.2. The summed E-state index contributed by atoms with van der Waals surface area (Å²) in [4.78, 5) is 12.5. The van der Waals surface area contributed by atoms with Crippen LogP contribution >= 0.6 is 35.0 Å². The number of amides is 1. The summed E-state index contributed by atoms with van der Waals surface area (Å²) < 4.78 is 12.7. The van der Waals surface area contributed by atoms with Crippen molar-refractivity contribution in [2.24, 2.45) is 0 Å². The molecular weight excluding hydrogens is 471 g/mol. The zero-order chi connectivity index (χ0) is 22.5. The van der Waals surface area contributed by atoms with Crippen LogP contribution in [0.15, 0.2) is 70.4 Å². The van der Waals surface area contributed by atoms with Gasteiger partial charge in [-0.25, -0.2) is 0 Å². The van der Waals surface area contributed by atoms with E-state index in [-0.39, 0.29) is 11.7 Å². The van der Waals surface area contributed by atoms with Crippen LogP contribution in [0.2, 0.25) is 10.0 Å². The van der Waals surface area contributed by atoms with E-state index >= 15 is 0 Å². The van der Waals surface area contributed by atoms with Crippen molar-refractivity contribution in [2.45, 2.75) is 11.7 Å². The summed E-state index contributed by atoms with van der Waals surface area (Å²) in [5.74, 6) is 2.00. The maximum absolute atomic E-state index is 12.5. The molecule has 0 radical (unpaired) electrons. The van der Waals surface area contributed by atoms with E-state index in [9.17, 15) is 4.79 Å². The van der Waals surface area contributed by atoms with E-state index in [4.69, 9.17) is 32.4 Å². The molecule has 32 heavy (non-hydrogen) atoms. The van der Waals surface area contributed by atoms with Crippen LogP contribution in [0.3, 0.4) is 0 Å². The highest BCUT2D eigenvalue weighted by molar-refractivity contribution is 7.99. The predicted molar refractivity (Wildman–Crippen MR) is 126 cm³/mol. The molecule has 0 unspecified atom stereocenters. The van der Waals surface area contributed by atoms with Gasteiger partial charge in [-0.2, -0.15) is 0 Å². The van der Waals surface area contributed by atoms with Crippen LogP contribution in [0.5, 0.6) is 5.75 Å². The van der Waals surface area contributed by atoms with Crippen molar-refractivity contribution >= 4 is 46.6 Å². The van der Waals surface area contributed by atoms with Gasteiger partial charge in [0, 0.05) is 21.3 Å². The second kappa shape index (κ2) is 10.1. The average Bonchev–Trinajstić information content (AvgIpc) is 3.42. The molecule has 2 aromatic carbocycles. The molecule has 7 nitrogen and oxygen atoms in total. The molecule has 0 aliphatic rings. The Morgan fingerprint density at radius 3 is 2.66 bits per heavy atom. The lowest BCUT2D eigenvalue weighted by Gasteiger charge is -2.10. The normalized spacial score (nSPS) is 10.8. The minimum atomic E-state index is -0.219. The fourth-order valence-corrected chi connectivity index (χ4v) is 4.29. The monoisotopic (exact) mass is 488 g/mol. The molecule has 10 heteroatoms. The number of nitrogens with one attached hydrogen (secondary N) is 1. The smallest absolute Gasteiger partial charge is 0.234 e. The molecule has 0 aliphatic heterocycles. The van der Waals surface area contributed by atoms with E-state index in [0.717, 1.165) is 11.3 Å². The standard InChI is InChI=1S/C22H18Cl2N4O3S/c1-30-18-5-2-4-14(8-18)21-26-27-22(28(21)12-19-6-3-7-31-19)32-13-20(29)25-17-10-15(23)9-16(24)11-17/h2-11H,12-13H2,1H3,(H,25,29). The Hall–Kier alpha value is -2.94. The van der Waals surface area contributed by atoms with E-state index in [1.807, 2.05) is 41.0 Å². The van der Waals surface area contributed by atoms with Crippen LogP contribution in [0, 0.1) is 0 Å². The lowest BCUT2D eigenvalue weighted by Crippen LogP contribution is -2.15. The largest absolute Gasteiger partial charge is 0.497 e. The summed E-state index contributed by atoms with van der Waals surface area (Å²) in [5, 5.41) is 12.9. The third-order valence-corrected chi connectivity index (χ3v) is 5.82. The van der Waals surface area contributed by atoms with Crippen molar-refractivity contribution in [2.75, 3.05) is 18.2 Å². The van der Waals surface area contributed by atoms with Crippen molar-refractivity contribution in [3.8, 4) is 17.1 Å². The number of rotatable bonds is 8. The highest BCUT2D eigenvalue weighted by Gasteiger charge is 2.17. The summed E-state index contributed by atoms with van der Waals surface area (Å²) in [7, 11) is 1.61. The first kappa shape index (κ1) is 22.3. The van der Waals surface area contributed by atoms with Gasteiger partial charge >= 0.3 is 0 Å². The van der Waals surface area contributed by atoms with Crippen LogP contribution in [0.25, 0.3) is 11.4 Å². The molecule has 4 aromatic rings. The first-order valence-corrected chi connectivity index (χ1v) is 11.2. The molecule has 0 saturated heterocycles. The molecule has 4 rings (SSSR count). The summed E-state index contributed by atoms with van der Waals surface area (Å²) in [6.45, 7) is 0.417. The highest BCUT2D eigenvalue weighted by Crippen LogP contribution is 2.28. The molecule has 0 spiro atoms. The lowest BCUT2D eigenvalue weighted by molar-refractivity contribution is -0.113. The molecule has 1 amide bonds. The molecule has 0 fully saturated rings. The van der Waals surface area contributed by atoms with E-state index in [0.29, 0.717) is 39.0 Å². The molecule has 2 heterocycles. The van der Waals surface area contributed by atoms with Gasteiger partial charge in [0.2, 0.25) is 5.91 Å². The first-order chi connectivity index (χ1) is 15.5. The second-order valence-corrected chi connectivity index (χ2v) is 8.51. The first-order valence-electron chi connectivity index (χ1n) is 9.50. The Balaban J connectivity index is 1.55. The zero-order valence-corrected chi connectivity index (χ0v) is 19.2. The number of benzene rings is 2. The second-order valence-electron chi connectivity index (χ2n) is 6.70. The number of ether oxygens (including phenoxy) is 1. The van der Waals surface area contributed by atoms with Gasteiger partial charge in [0.15, 0.2) is 11.0 Å². The van der Waals surface area contributed by atoms with Gasteiger partial charge in [-0.15, -0.1) is 10.2 Å². The molecule has 2 aromatic heterocycles. The topological polar surface area (TPSA) is 82.2 Å². The van der Waals surface area contributed by atoms with E-state index in [1.165, 1.54) is 11.8 Å². The molecule has 0 aliphatic carbocycles. The molecule has 0 bridgehead atoms. The summed E-state index contributed by atoms with van der Waals surface area (Å²) >= 11 is 13.3. The zero-order valence-electron chi connectivity index (χ0n) is 16.9. The van der Waals surface area contributed by atoms with Gasteiger partial charge in [-0.1, -0.05) is 47.1 Å². The number of furan rings is 1. The Morgan fingerprint density at radius 1 is 1.12 bits per heavy atom. The van der Waals surface area contributed by atoms with E-state index in [1.54, 1.807) is 31.6 Å². The number of carbonyl (C=O) groups is 1. The Morgan fingerprint density at radius 2 is 1.94 bits per heavy atom. The average molecular weight is 489 g/mol. The highest BCUT2D eigenvalue weighted by atomic mass is 35.5. The SMILES string of the molecule is COc1cccc(-c2nnc(SCC(=O)Nc3cc(Cl)cc(Cl)c3)n2Cc2ccco2)c1. The fraction of sp³-hybridized carbons (Fsp3) is 0.136. The van der Waals surface area contributed by atoms with Gasteiger partial charge < -0.3 is 14.5 Å². The van der Waals surface area contributed by atoms with Crippen LogP contribution in [-0.4, -0.2) is 33.5 Å². The minimum absolute atomic E-state index is 0.124. The van der Waals surface area contributed by atoms with Crippen molar-refractivity contribution in [1.29, 1.82) is 0 Å². The number of aromatic nitrogens is 3. The molecule has 0 atom stereocenters. The number of nitrogens with zero attached hydrogens (tertiary/aromatic N) is 3. The van der Waals surface area contributed by atoms with E-state index < -0.39 is 0 Å². The number of anilines is 1. The van der Waals surface area contributed by atoms with Gasteiger partial charge in [0.25, 0.3) is 0 Å². The number of halogens is 2. The fourth-order valence-electron chi connectivity index (χ4n) is 3.03. The van der Waals surface area contributed by atoms with Crippen LogP contribution in [0.1, 0.15) is 5.76 Å². The minimum Gasteiger partial charge on any atom is -0.497 e.